The molecule has 0 aliphatic carbocycles. The number of nitrogens with one attached hydrogen (secondary N) is 1. The van der Waals surface area contributed by atoms with Gasteiger partial charge in [0.15, 0.2) is 11.1 Å². The van der Waals surface area contributed by atoms with Crippen LogP contribution in [0.5, 0.6) is 5.75 Å². The topological polar surface area (TPSA) is 63.4 Å². The fourth-order valence-corrected chi connectivity index (χ4v) is 3.09. The molecule has 3 heterocycles. The summed E-state index contributed by atoms with van der Waals surface area (Å²) in [5, 5.41) is 3.42. The van der Waals surface area contributed by atoms with E-state index in [0.717, 1.165) is 49.4 Å². The monoisotopic (exact) mass is 348 g/mol. The van der Waals surface area contributed by atoms with Crippen LogP contribution in [0.3, 0.4) is 0 Å². The number of benzene rings is 1. The fraction of sp³-hybridized carbons (Fsp3) is 0.300. The number of anilines is 1. The molecule has 0 spiro atoms. The van der Waals surface area contributed by atoms with Crippen LogP contribution in [0, 0.1) is 11.8 Å². The molecule has 1 aliphatic rings. The van der Waals surface area contributed by atoms with Gasteiger partial charge in [0.25, 0.3) is 5.89 Å². The first-order valence-corrected chi connectivity index (χ1v) is 8.70. The third-order valence-electron chi connectivity index (χ3n) is 4.36. The molecule has 0 atom stereocenters. The Morgan fingerprint density at radius 1 is 1.19 bits per heavy atom. The maximum Gasteiger partial charge on any atom is 0.274 e. The van der Waals surface area contributed by atoms with E-state index in [1.165, 1.54) is 0 Å². The van der Waals surface area contributed by atoms with E-state index in [2.05, 4.69) is 32.0 Å². The molecule has 0 radical (unpaired) electrons. The summed E-state index contributed by atoms with van der Waals surface area (Å²) in [4.78, 5) is 10.9. The molecule has 0 saturated carbocycles. The van der Waals surface area contributed by atoms with Gasteiger partial charge in [-0.1, -0.05) is 5.92 Å². The van der Waals surface area contributed by atoms with Crippen LogP contribution in [0.15, 0.2) is 41.1 Å². The molecule has 6 heteroatoms. The van der Waals surface area contributed by atoms with Gasteiger partial charge in [0, 0.05) is 37.6 Å². The highest BCUT2D eigenvalue weighted by atomic mass is 16.5. The van der Waals surface area contributed by atoms with E-state index in [0.29, 0.717) is 17.2 Å². The van der Waals surface area contributed by atoms with Crippen molar-refractivity contribution >= 4 is 16.8 Å². The van der Waals surface area contributed by atoms with Gasteiger partial charge in [0.2, 0.25) is 0 Å². The van der Waals surface area contributed by atoms with Crippen molar-refractivity contribution in [2.24, 2.45) is 0 Å². The van der Waals surface area contributed by atoms with Crippen molar-refractivity contribution in [3.8, 4) is 17.6 Å². The number of hydrogen-bond donors (Lipinski definition) is 1. The minimum absolute atomic E-state index is 0.377. The standard InChI is InChI=1S/C20H20N4O2/c1-25-17-7-6-16(24-12-3-10-21-11-13-24)20-19(17)23-18(26-20)8-5-15-4-2-9-22-14-15/h2,4,6-7,9,14,21H,3,10-13H2,1H3. The fourth-order valence-electron chi connectivity index (χ4n) is 3.09. The molecule has 132 valence electrons. The number of fused-ring (bicyclic) bond motifs is 1. The molecule has 0 unspecified atom stereocenters. The summed E-state index contributed by atoms with van der Waals surface area (Å²) >= 11 is 0. The largest absolute Gasteiger partial charge is 0.494 e. The number of rotatable bonds is 2. The molecule has 1 saturated heterocycles. The smallest absolute Gasteiger partial charge is 0.274 e. The van der Waals surface area contributed by atoms with E-state index < -0.39 is 0 Å². The highest BCUT2D eigenvalue weighted by molar-refractivity contribution is 5.91. The zero-order valence-electron chi connectivity index (χ0n) is 14.7. The SMILES string of the molecule is COc1ccc(N2CCCNCC2)c2oc(C#Cc3cccnc3)nc12. The molecule has 1 aromatic carbocycles. The van der Waals surface area contributed by atoms with Gasteiger partial charge >= 0.3 is 0 Å². The quantitative estimate of drug-likeness (QED) is 0.718. The molecular formula is C20H20N4O2. The average Bonchev–Trinajstić information content (AvgIpc) is 2.93. The molecule has 0 amide bonds. The molecular weight excluding hydrogens is 328 g/mol. The zero-order valence-corrected chi connectivity index (χ0v) is 14.7. The number of pyridine rings is 1. The van der Waals surface area contributed by atoms with Crippen molar-refractivity contribution in [3.63, 3.8) is 0 Å². The van der Waals surface area contributed by atoms with Gasteiger partial charge in [0.05, 0.1) is 12.8 Å². The van der Waals surface area contributed by atoms with Crippen LogP contribution >= 0.6 is 0 Å². The third-order valence-corrected chi connectivity index (χ3v) is 4.36. The van der Waals surface area contributed by atoms with Gasteiger partial charge in [0.1, 0.15) is 5.75 Å². The molecule has 2 aromatic heterocycles. The Labute approximate surface area is 152 Å². The van der Waals surface area contributed by atoms with E-state index in [9.17, 15) is 0 Å². The summed E-state index contributed by atoms with van der Waals surface area (Å²) < 4.78 is 11.5. The number of nitrogens with zero attached hydrogens (tertiary/aromatic N) is 3. The summed E-state index contributed by atoms with van der Waals surface area (Å²) in [6.45, 7) is 3.90. The highest BCUT2D eigenvalue weighted by Gasteiger charge is 2.19. The van der Waals surface area contributed by atoms with Crippen LogP contribution in [0.4, 0.5) is 5.69 Å². The van der Waals surface area contributed by atoms with E-state index in [1.807, 2.05) is 24.3 Å². The van der Waals surface area contributed by atoms with Gasteiger partial charge in [-0.25, -0.2) is 0 Å². The molecule has 26 heavy (non-hydrogen) atoms. The summed E-state index contributed by atoms with van der Waals surface area (Å²) in [6, 6.07) is 7.73. The number of methoxy groups -OCH3 is 1. The first kappa shape index (κ1) is 16.4. The van der Waals surface area contributed by atoms with E-state index >= 15 is 0 Å². The van der Waals surface area contributed by atoms with E-state index in [-0.39, 0.29) is 0 Å². The van der Waals surface area contributed by atoms with Crippen LogP contribution in [0.1, 0.15) is 17.9 Å². The molecule has 1 fully saturated rings. The van der Waals surface area contributed by atoms with Crippen LogP contribution in [0.2, 0.25) is 0 Å². The maximum atomic E-state index is 6.01. The lowest BCUT2D eigenvalue weighted by Gasteiger charge is -2.22. The number of aromatic nitrogens is 2. The zero-order chi connectivity index (χ0) is 17.8. The van der Waals surface area contributed by atoms with Gasteiger partial charge < -0.3 is 19.4 Å². The van der Waals surface area contributed by atoms with Crippen molar-refractivity contribution in [1.82, 2.24) is 15.3 Å². The first-order valence-electron chi connectivity index (χ1n) is 8.70. The van der Waals surface area contributed by atoms with Crippen molar-refractivity contribution in [3.05, 3.63) is 48.1 Å². The number of ether oxygens (including phenoxy) is 1. The molecule has 1 aliphatic heterocycles. The first-order chi connectivity index (χ1) is 12.8. The Morgan fingerprint density at radius 3 is 3.00 bits per heavy atom. The third kappa shape index (κ3) is 3.35. The molecule has 1 N–H and O–H groups in total. The van der Waals surface area contributed by atoms with E-state index in [1.54, 1.807) is 19.5 Å². The molecule has 3 aromatic rings. The molecule has 6 nitrogen and oxygen atoms in total. The van der Waals surface area contributed by atoms with Gasteiger partial charge in [-0.2, -0.15) is 4.98 Å². The number of hydrogen-bond acceptors (Lipinski definition) is 6. The summed E-state index contributed by atoms with van der Waals surface area (Å²) in [5.41, 5.74) is 3.28. The van der Waals surface area contributed by atoms with Crippen LogP contribution < -0.4 is 15.0 Å². The van der Waals surface area contributed by atoms with Crippen molar-refractivity contribution in [1.29, 1.82) is 0 Å². The van der Waals surface area contributed by atoms with Crippen molar-refractivity contribution < 1.29 is 9.15 Å². The predicted molar refractivity (Wildman–Crippen MR) is 100 cm³/mol. The minimum Gasteiger partial charge on any atom is -0.494 e. The van der Waals surface area contributed by atoms with Crippen LogP contribution in [-0.2, 0) is 0 Å². The minimum atomic E-state index is 0.377. The predicted octanol–water partition coefficient (Wildman–Crippen LogP) is 2.43. The van der Waals surface area contributed by atoms with Gasteiger partial charge in [-0.3, -0.25) is 4.98 Å². The second-order valence-electron chi connectivity index (χ2n) is 6.07. The number of oxazole rings is 1. The second-order valence-corrected chi connectivity index (χ2v) is 6.07. The summed E-state index contributed by atoms with van der Waals surface area (Å²) in [6.07, 6.45) is 4.53. The van der Waals surface area contributed by atoms with Gasteiger partial charge in [-0.15, -0.1) is 0 Å². The molecule has 0 bridgehead atoms. The summed E-state index contributed by atoms with van der Waals surface area (Å²) in [5.74, 6) is 7.09. The molecule has 4 rings (SSSR count). The van der Waals surface area contributed by atoms with E-state index in [4.69, 9.17) is 9.15 Å². The Morgan fingerprint density at radius 2 is 2.15 bits per heavy atom. The van der Waals surface area contributed by atoms with Gasteiger partial charge in [-0.05, 0) is 43.2 Å². The Balaban J connectivity index is 1.75. The lowest BCUT2D eigenvalue weighted by atomic mass is 10.2. The lowest BCUT2D eigenvalue weighted by Crippen LogP contribution is -2.27. The maximum absolute atomic E-state index is 6.01. The normalized spacial score (nSPS) is 14.6. The van der Waals surface area contributed by atoms with Crippen molar-refractivity contribution in [2.75, 3.05) is 38.2 Å². The van der Waals surface area contributed by atoms with Crippen LogP contribution in [-0.4, -0.2) is 43.3 Å². The highest BCUT2D eigenvalue weighted by Crippen LogP contribution is 2.34. The second kappa shape index (κ2) is 7.46. The Hall–Kier alpha value is -3.04. The Bertz CT molecular complexity index is 948. The Kier molecular flexibility index (Phi) is 4.71. The summed E-state index contributed by atoms with van der Waals surface area (Å²) in [7, 11) is 1.64. The van der Waals surface area contributed by atoms with Crippen LogP contribution in [0.25, 0.3) is 11.1 Å². The lowest BCUT2D eigenvalue weighted by molar-refractivity contribution is 0.419. The average molecular weight is 348 g/mol. The van der Waals surface area contributed by atoms with Crippen molar-refractivity contribution in [2.45, 2.75) is 6.42 Å².